The Morgan fingerprint density at radius 3 is 2.52 bits per heavy atom. The van der Waals surface area contributed by atoms with E-state index < -0.39 is 0 Å². The van der Waals surface area contributed by atoms with Crippen LogP contribution in [0, 0.1) is 5.92 Å². The number of carbonyl (C=O) groups excluding carboxylic acids is 1. The van der Waals surface area contributed by atoms with E-state index in [0.717, 1.165) is 19.0 Å². The van der Waals surface area contributed by atoms with Crippen LogP contribution in [0.3, 0.4) is 0 Å². The minimum atomic E-state index is -0.235. The topological polar surface area (TPSA) is 68.8 Å². The molecule has 1 amide bonds. The first-order chi connectivity index (χ1) is 13.7. The van der Waals surface area contributed by atoms with Crippen LogP contribution >= 0.6 is 0 Å². The van der Waals surface area contributed by atoms with Gasteiger partial charge in [-0.15, -0.1) is 0 Å². The van der Waals surface area contributed by atoms with Crippen molar-refractivity contribution in [3.8, 4) is 0 Å². The summed E-state index contributed by atoms with van der Waals surface area (Å²) < 4.78 is 0. The quantitative estimate of drug-likeness (QED) is 0.485. The molecule has 1 saturated heterocycles. The van der Waals surface area contributed by atoms with Gasteiger partial charge in [-0.3, -0.25) is 9.69 Å². The molecule has 0 aliphatic carbocycles. The first-order valence-electron chi connectivity index (χ1n) is 10.9. The summed E-state index contributed by atoms with van der Waals surface area (Å²) in [4.78, 5) is 19.2. The fourth-order valence-electron chi connectivity index (χ4n) is 3.44. The zero-order valence-electron chi connectivity index (χ0n) is 18.8. The van der Waals surface area contributed by atoms with Gasteiger partial charge in [-0.2, -0.15) is 0 Å². The van der Waals surface area contributed by atoms with Crippen molar-refractivity contribution in [1.29, 1.82) is 0 Å². The van der Waals surface area contributed by atoms with Crippen LogP contribution in [0.4, 0.5) is 0 Å². The van der Waals surface area contributed by atoms with Crippen LogP contribution in [-0.4, -0.2) is 48.5 Å². The van der Waals surface area contributed by atoms with Gasteiger partial charge in [0, 0.05) is 18.6 Å². The van der Waals surface area contributed by atoms with Gasteiger partial charge in [-0.1, -0.05) is 31.2 Å². The molecule has 2 rings (SSSR count). The van der Waals surface area contributed by atoms with Gasteiger partial charge in [-0.25, -0.2) is 4.99 Å². The molecule has 0 atom stereocenters. The third-order valence-corrected chi connectivity index (χ3v) is 4.97. The Morgan fingerprint density at radius 2 is 1.86 bits per heavy atom. The second kappa shape index (κ2) is 11.2. The fraction of sp³-hybridized carbons (Fsp3) is 0.652. The zero-order valence-corrected chi connectivity index (χ0v) is 18.8. The maximum atomic E-state index is 12.0. The summed E-state index contributed by atoms with van der Waals surface area (Å²) in [7, 11) is 0. The lowest BCUT2D eigenvalue weighted by Crippen LogP contribution is -2.48. The number of hydrogen-bond donors (Lipinski definition) is 3. The van der Waals surface area contributed by atoms with Crippen molar-refractivity contribution in [3.63, 3.8) is 0 Å². The van der Waals surface area contributed by atoms with E-state index >= 15 is 0 Å². The first-order valence-corrected chi connectivity index (χ1v) is 10.9. The van der Waals surface area contributed by atoms with Crippen LogP contribution in [0.15, 0.2) is 29.3 Å². The molecule has 1 aromatic rings. The van der Waals surface area contributed by atoms with Crippen LogP contribution in [0.2, 0.25) is 0 Å². The summed E-state index contributed by atoms with van der Waals surface area (Å²) in [5, 5.41) is 9.27. The standard InChI is InChI=1S/C23H39N5O/c1-6-24-22(26-16-21(29)27-23(3,4)5)25-15-19-8-7-9-20(14-19)17-28-12-10-18(2)11-13-28/h7-9,14,18H,6,10-13,15-17H2,1-5H3,(H,27,29)(H2,24,25,26). The van der Waals surface area contributed by atoms with E-state index in [4.69, 9.17) is 0 Å². The van der Waals surface area contributed by atoms with Gasteiger partial charge in [-0.05, 0) is 70.7 Å². The van der Waals surface area contributed by atoms with Crippen LogP contribution in [0.25, 0.3) is 0 Å². The van der Waals surface area contributed by atoms with Crippen molar-refractivity contribution in [2.45, 2.75) is 66.1 Å². The molecule has 1 aromatic carbocycles. The van der Waals surface area contributed by atoms with Gasteiger partial charge in [0.25, 0.3) is 0 Å². The van der Waals surface area contributed by atoms with E-state index in [-0.39, 0.29) is 18.0 Å². The lowest BCUT2D eigenvalue weighted by atomic mass is 9.98. The first kappa shape index (κ1) is 23.2. The minimum Gasteiger partial charge on any atom is -0.357 e. The molecule has 0 unspecified atom stereocenters. The maximum absolute atomic E-state index is 12.0. The van der Waals surface area contributed by atoms with E-state index in [9.17, 15) is 4.79 Å². The number of aliphatic imine (C=N–C) groups is 1. The summed E-state index contributed by atoms with van der Waals surface area (Å²) in [6, 6.07) is 8.67. The van der Waals surface area contributed by atoms with Crippen LogP contribution in [-0.2, 0) is 17.9 Å². The third-order valence-electron chi connectivity index (χ3n) is 4.97. The number of carbonyl (C=O) groups is 1. The highest BCUT2D eigenvalue weighted by Gasteiger charge is 2.16. The number of nitrogens with one attached hydrogen (secondary N) is 3. The minimum absolute atomic E-state index is 0.0408. The SMILES string of the molecule is CCNC(=NCc1cccc(CN2CCC(C)CC2)c1)NCC(=O)NC(C)(C)C. The molecule has 6 heteroatoms. The lowest BCUT2D eigenvalue weighted by molar-refractivity contribution is -0.121. The Labute approximate surface area is 176 Å². The van der Waals surface area contributed by atoms with Crippen molar-refractivity contribution in [2.24, 2.45) is 10.9 Å². The molecule has 1 fully saturated rings. The lowest BCUT2D eigenvalue weighted by Gasteiger charge is -2.30. The van der Waals surface area contributed by atoms with Crippen molar-refractivity contribution >= 4 is 11.9 Å². The highest BCUT2D eigenvalue weighted by Crippen LogP contribution is 2.18. The second-order valence-electron chi connectivity index (χ2n) is 9.13. The average molecular weight is 402 g/mol. The summed E-state index contributed by atoms with van der Waals surface area (Å²) in [6.45, 7) is 15.2. The molecular formula is C23H39N5O. The van der Waals surface area contributed by atoms with Gasteiger partial charge in [0.05, 0.1) is 13.1 Å². The predicted octanol–water partition coefficient (Wildman–Crippen LogP) is 2.89. The van der Waals surface area contributed by atoms with Crippen LogP contribution < -0.4 is 16.0 Å². The smallest absolute Gasteiger partial charge is 0.239 e. The molecule has 162 valence electrons. The van der Waals surface area contributed by atoms with Gasteiger partial charge in [0.2, 0.25) is 5.91 Å². The Bertz CT molecular complexity index is 672. The van der Waals surface area contributed by atoms with Crippen molar-refractivity contribution < 1.29 is 4.79 Å². The summed E-state index contributed by atoms with van der Waals surface area (Å²) in [5.41, 5.74) is 2.29. The second-order valence-corrected chi connectivity index (χ2v) is 9.13. The number of piperidine rings is 1. The third kappa shape index (κ3) is 9.31. The molecule has 29 heavy (non-hydrogen) atoms. The average Bonchev–Trinajstić information content (AvgIpc) is 2.65. The van der Waals surface area contributed by atoms with E-state index in [1.165, 1.54) is 37.1 Å². The Morgan fingerprint density at radius 1 is 1.17 bits per heavy atom. The van der Waals surface area contributed by atoms with Crippen LogP contribution in [0.5, 0.6) is 0 Å². The Hall–Kier alpha value is -2.08. The molecule has 1 heterocycles. The van der Waals surface area contributed by atoms with E-state index in [1.54, 1.807) is 0 Å². The van der Waals surface area contributed by atoms with Crippen molar-refractivity contribution in [1.82, 2.24) is 20.9 Å². The molecule has 0 radical (unpaired) electrons. The molecule has 0 spiro atoms. The molecule has 0 saturated carbocycles. The number of rotatable bonds is 7. The highest BCUT2D eigenvalue weighted by molar-refractivity contribution is 5.86. The molecule has 6 nitrogen and oxygen atoms in total. The Kier molecular flexibility index (Phi) is 8.96. The zero-order chi connectivity index (χ0) is 21.3. The van der Waals surface area contributed by atoms with Gasteiger partial charge in [0.1, 0.15) is 0 Å². The molecule has 0 aromatic heterocycles. The Balaban J connectivity index is 1.90. The molecule has 3 N–H and O–H groups in total. The van der Waals surface area contributed by atoms with E-state index in [0.29, 0.717) is 12.5 Å². The number of amides is 1. The highest BCUT2D eigenvalue weighted by atomic mass is 16.2. The number of guanidine groups is 1. The van der Waals surface area contributed by atoms with Crippen molar-refractivity contribution in [2.75, 3.05) is 26.2 Å². The van der Waals surface area contributed by atoms with Crippen LogP contribution in [0.1, 0.15) is 58.6 Å². The van der Waals surface area contributed by atoms with E-state index in [2.05, 4.69) is 57.0 Å². The number of likely N-dealkylation sites (tertiary alicyclic amines) is 1. The predicted molar refractivity (Wildman–Crippen MR) is 121 cm³/mol. The normalized spacial score (nSPS) is 16.5. The van der Waals surface area contributed by atoms with Gasteiger partial charge in [0.15, 0.2) is 5.96 Å². The maximum Gasteiger partial charge on any atom is 0.239 e. The van der Waals surface area contributed by atoms with Gasteiger partial charge < -0.3 is 16.0 Å². The number of nitrogens with zero attached hydrogens (tertiary/aromatic N) is 2. The summed E-state index contributed by atoms with van der Waals surface area (Å²) in [6.07, 6.45) is 2.59. The molecule has 1 aliphatic rings. The van der Waals surface area contributed by atoms with Gasteiger partial charge >= 0.3 is 0 Å². The summed E-state index contributed by atoms with van der Waals surface area (Å²) in [5.74, 6) is 1.47. The molecular weight excluding hydrogens is 362 g/mol. The number of hydrogen-bond acceptors (Lipinski definition) is 3. The monoisotopic (exact) mass is 401 g/mol. The largest absolute Gasteiger partial charge is 0.357 e. The molecule has 0 bridgehead atoms. The number of benzene rings is 1. The fourth-order valence-corrected chi connectivity index (χ4v) is 3.44. The van der Waals surface area contributed by atoms with E-state index in [1.807, 2.05) is 27.7 Å². The van der Waals surface area contributed by atoms with Crippen molar-refractivity contribution in [3.05, 3.63) is 35.4 Å². The summed E-state index contributed by atoms with van der Waals surface area (Å²) >= 11 is 0. The molecule has 1 aliphatic heterocycles.